The van der Waals surface area contributed by atoms with Gasteiger partial charge in [-0.3, -0.25) is 4.79 Å². The quantitative estimate of drug-likeness (QED) is 0.841. The van der Waals surface area contributed by atoms with E-state index in [-0.39, 0.29) is 18.1 Å². The van der Waals surface area contributed by atoms with Crippen LogP contribution in [0.4, 0.5) is 0 Å². The molecule has 2 unspecified atom stereocenters. The molecule has 2 atom stereocenters. The van der Waals surface area contributed by atoms with Crippen molar-refractivity contribution in [2.45, 2.75) is 25.0 Å². The Hall–Kier alpha value is -0.430. The first-order chi connectivity index (χ1) is 9.55. The summed E-state index contributed by atoms with van der Waals surface area (Å²) < 4.78 is 7.15. The lowest BCUT2D eigenvalue weighted by Gasteiger charge is -2.38. The highest BCUT2D eigenvalue weighted by molar-refractivity contribution is 9.11. The van der Waals surface area contributed by atoms with Crippen LogP contribution in [0, 0.1) is 0 Å². The van der Waals surface area contributed by atoms with Gasteiger partial charge in [0.25, 0.3) is 5.91 Å². The number of carbonyl (C=O) groups is 1. The molecule has 4 nitrogen and oxygen atoms in total. The third-order valence-corrected chi connectivity index (χ3v) is 4.56. The van der Waals surface area contributed by atoms with Gasteiger partial charge in [-0.25, -0.2) is 0 Å². The Morgan fingerprint density at radius 1 is 1.40 bits per heavy atom. The van der Waals surface area contributed by atoms with E-state index in [2.05, 4.69) is 31.9 Å². The zero-order valence-corrected chi connectivity index (χ0v) is 14.5. The monoisotopic (exact) mass is 404 g/mol. The van der Waals surface area contributed by atoms with E-state index in [9.17, 15) is 4.79 Å². The zero-order valence-electron chi connectivity index (χ0n) is 11.3. The van der Waals surface area contributed by atoms with Crippen molar-refractivity contribution in [3.63, 3.8) is 0 Å². The molecule has 2 N–H and O–H groups in total. The number of likely N-dealkylation sites (tertiary alicyclic amines) is 1. The van der Waals surface area contributed by atoms with E-state index in [0.29, 0.717) is 18.7 Å². The molecule has 110 valence electrons. The van der Waals surface area contributed by atoms with E-state index in [4.69, 9.17) is 10.5 Å². The van der Waals surface area contributed by atoms with Gasteiger partial charge in [0.05, 0.1) is 6.10 Å². The summed E-state index contributed by atoms with van der Waals surface area (Å²) in [5, 5.41) is 0. The minimum atomic E-state index is 0.0250. The molecule has 1 aromatic rings. The fourth-order valence-corrected chi connectivity index (χ4v) is 3.86. The highest BCUT2D eigenvalue weighted by Crippen LogP contribution is 2.25. The third-order valence-electron chi connectivity index (χ3n) is 3.64. The third kappa shape index (κ3) is 3.61. The Kier molecular flexibility index (Phi) is 5.60. The highest BCUT2D eigenvalue weighted by Gasteiger charge is 2.31. The number of rotatable bonds is 3. The van der Waals surface area contributed by atoms with Gasteiger partial charge in [-0.2, -0.15) is 0 Å². The molecule has 1 aliphatic heterocycles. The van der Waals surface area contributed by atoms with Gasteiger partial charge >= 0.3 is 0 Å². The summed E-state index contributed by atoms with van der Waals surface area (Å²) in [6.45, 7) is 1.14. The number of nitrogens with zero attached hydrogens (tertiary/aromatic N) is 1. The number of nitrogens with two attached hydrogens (primary N) is 1. The Bertz CT molecular complexity index is 476. The van der Waals surface area contributed by atoms with Crippen LogP contribution in [0.25, 0.3) is 0 Å². The van der Waals surface area contributed by atoms with Crippen LogP contribution in [0.1, 0.15) is 23.2 Å². The summed E-state index contributed by atoms with van der Waals surface area (Å²) in [4.78, 5) is 14.5. The molecule has 0 aromatic heterocycles. The number of hydrogen-bond donors (Lipinski definition) is 1. The largest absolute Gasteiger partial charge is 0.381 e. The molecule has 1 fully saturated rings. The van der Waals surface area contributed by atoms with Crippen molar-refractivity contribution in [3.05, 3.63) is 32.7 Å². The van der Waals surface area contributed by atoms with E-state index >= 15 is 0 Å². The van der Waals surface area contributed by atoms with Crippen LogP contribution in [0.15, 0.2) is 27.1 Å². The molecule has 0 bridgehead atoms. The molecule has 1 amide bonds. The van der Waals surface area contributed by atoms with Crippen LogP contribution >= 0.6 is 31.9 Å². The van der Waals surface area contributed by atoms with Gasteiger partial charge in [-0.05, 0) is 31.0 Å². The van der Waals surface area contributed by atoms with Crippen molar-refractivity contribution >= 4 is 37.8 Å². The van der Waals surface area contributed by atoms with E-state index in [1.54, 1.807) is 7.11 Å². The van der Waals surface area contributed by atoms with Crippen molar-refractivity contribution < 1.29 is 9.53 Å². The Labute approximate surface area is 135 Å². The molecule has 0 aliphatic carbocycles. The number of piperidine rings is 1. The number of halogens is 2. The highest BCUT2D eigenvalue weighted by atomic mass is 79.9. The predicted molar refractivity (Wildman–Crippen MR) is 85.8 cm³/mol. The lowest BCUT2D eigenvalue weighted by atomic mass is 9.98. The average Bonchev–Trinajstić information content (AvgIpc) is 2.44. The molecule has 0 saturated carbocycles. The molecule has 1 aliphatic rings. The first-order valence-electron chi connectivity index (χ1n) is 6.55. The molecule has 6 heteroatoms. The van der Waals surface area contributed by atoms with Crippen LogP contribution < -0.4 is 5.73 Å². The molecule has 1 heterocycles. The maximum absolute atomic E-state index is 12.7. The van der Waals surface area contributed by atoms with Gasteiger partial charge < -0.3 is 15.4 Å². The summed E-state index contributed by atoms with van der Waals surface area (Å²) in [6, 6.07) is 5.62. The summed E-state index contributed by atoms with van der Waals surface area (Å²) in [5.74, 6) is 0.0250. The second kappa shape index (κ2) is 7.02. The summed E-state index contributed by atoms with van der Waals surface area (Å²) in [6.07, 6.45) is 1.85. The summed E-state index contributed by atoms with van der Waals surface area (Å²) >= 11 is 6.83. The summed E-state index contributed by atoms with van der Waals surface area (Å²) in [7, 11) is 1.71. The van der Waals surface area contributed by atoms with Crippen LogP contribution in [-0.2, 0) is 4.74 Å². The Morgan fingerprint density at radius 2 is 2.05 bits per heavy atom. The molecular formula is C14H18Br2N2O2. The average molecular weight is 406 g/mol. The second-order valence-corrected chi connectivity index (χ2v) is 6.76. The topological polar surface area (TPSA) is 55.6 Å². The van der Waals surface area contributed by atoms with E-state index in [1.165, 1.54) is 0 Å². The molecule has 0 radical (unpaired) electrons. The van der Waals surface area contributed by atoms with Gasteiger partial charge in [0, 0.05) is 40.8 Å². The van der Waals surface area contributed by atoms with Gasteiger partial charge in [0.2, 0.25) is 0 Å². The maximum atomic E-state index is 12.7. The van der Waals surface area contributed by atoms with Crippen molar-refractivity contribution in [1.82, 2.24) is 4.90 Å². The van der Waals surface area contributed by atoms with Crippen LogP contribution in [0.2, 0.25) is 0 Å². The lowest BCUT2D eigenvalue weighted by molar-refractivity contribution is 0.0139. The predicted octanol–water partition coefficient (Wildman–Crippen LogP) is 2.79. The normalized spacial score (nSPS) is 22.9. The Morgan fingerprint density at radius 3 is 2.60 bits per heavy atom. The smallest absolute Gasteiger partial charge is 0.254 e. The number of hydrogen-bond acceptors (Lipinski definition) is 3. The Balaban J connectivity index is 2.19. The minimum Gasteiger partial charge on any atom is -0.381 e. The lowest BCUT2D eigenvalue weighted by Crippen LogP contribution is -2.51. The SMILES string of the molecule is COC1CCN(C(=O)c2cc(Br)cc(Br)c2)C(CN)C1. The molecular weight excluding hydrogens is 388 g/mol. The van der Waals surface area contributed by atoms with Gasteiger partial charge in [0.15, 0.2) is 0 Å². The summed E-state index contributed by atoms with van der Waals surface area (Å²) in [5.41, 5.74) is 6.49. The zero-order chi connectivity index (χ0) is 14.7. The number of carbonyl (C=O) groups excluding carboxylic acids is 1. The van der Waals surface area contributed by atoms with Crippen LogP contribution in [-0.4, -0.2) is 43.2 Å². The fraction of sp³-hybridized carbons (Fsp3) is 0.500. The first-order valence-corrected chi connectivity index (χ1v) is 8.13. The van der Waals surface area contributed by atoms with E-state index in [0.717, 1.165) is 21.8 Å². The van der Waals surface area contributed by atoms with Crippen molar-refractivity contribution in [2.75, 3.05) is 20.2 Å². The number of amides is 1. The van der Waals surface area contributed by atoms with Gasteiger partial charge in [0.1, 0.15) is 0 Å². The number of benzene rings is 1. The number of ether oxygens (including phenoxy) is 1. The van der Waals surface area contributed by atoms with Crippen LogP contribution in [0.3, 0.4) is 0 Å². The van der Waals surface area contributed by atoms with Crippen molar-refractivity contribution in [2.24, 2.45) is 5.73 Å². The first kappa shape index (κ1) is 15.9. The van der Waals surface area contributed by atoms with E-state index in [1.807, 2.05) is 23.1 Å². The molecule has 0 spiro atoms. The van der Waals surface area contributed by atoms with Crippen molar-refractivity contribution in [1.29, 1.82) is 0 Å². The fourth-order valence-electron chi connectivity index (χ4n) is 2.56. The van der Waals surface area contributed by atoms with Crippen molar-refractivity contribution in [3.8, 4) is 0 Å². The molecule has 1 aromatic carbocycles. The van der Waals surface area contributed by atoms with Gasteiger partial charge in [-0.15, -0.1) is 0 Å². The van der Waals surface area contributed by atoms with E-state index < -0.39 is 0 Å². The maximum Gasteiger partial charge on any atom is 0.254 e. The molecule has 1 saturated heterocycles. The van der Waals surface area contributed by atoms with Crippen LogP contribution in [0.5, 0.6) is 0 Å². The minimum absolute atomic E-state index is 0.0250. The standard InChI is InChI=1S/C14H18Br2N2O2/c1-20-13-2-3-18(12(7-13)8-17)14(19)9-4-10(15)6-11(16)5-9/h4-6,12-13H,2-3,7-8,17H2,1H3. The molecule has 20 heavy (non-hydrogen) atoms. The number of methoxy groups -OCH3 is 1. The molecule has 2 rings (SSSR count). The second-order valence-electron chi connectivity index (χ2n) is 4.93. The van der Waals surface area contributed by atoms with Gasteiger partial charge in [-0.1, -0.05) is 31.9 Å².